The van der Waals surface area contributed by atoms with Gasteiger partial charge in [0, 0.05) is 11.4 Å². The van der Waals surface area contributed by atoms with E-state index in [0.29, 0.717) is 11.3 Å². The maximum absolute atomic E-state index is 5.88. The lowest BCUT2D eigenvalue weighted by Crippen LogP contribution is -1.98. The first-order valence-electron chi connectivity index (χ1n) is 6.51. The van der Waals surface area contributed by atoms with Gasteiger partial charge in [-0.3, -0.25) is 0 Å². The Kier molecular flexibility index (Phi) is 3.66. The van der Waals surface area contributed by atoms with Gasteiger partial charge in [0.25, 0.3) is 0 Å². The van der Waals surface area contributed by atoms with Gasteiger partial charge in [0.15, 0.2) is 22.1 Å². The van der Waals surface area contributed by atoms with Crippen LogP contribution in [-0.2, 0) is 6.54 Å². The lowest BCUT2D eigenvalue weighted by atomic mass is 10.3. The van der Waals surface area contributed by atoms with Crippen LogP contribution in [0.2, 0.25) is 0 Å². The van der Waals surface area contributed by atoms with Crippen LogP contribution in [0, 0.1) is 0 Å². The van der Waals surface area contributed by atoms with Crippen molar-refractivity contribution in [2.45, 2.75) is 23.5 Å². The summed E-state index contributed by atoms with van der Waals surface area (Å²) in [4.78, 5) is 13.9. The van der Waals surface area contributed by atoms with Crippen molar-refractivity contribution in [3.63, 3.8) is 0 Å². The summed E-state index contributed by atoms with van der Waals surface area (Å²) in [5.74, 6) is 1.22. The number of rotatable bonds is 4. The highest BCUT2D eigenvalue weighted by molar-refractivity contribution is 7.99. The molecule has 0 atom stereocenters. The summed E-state index contributed by atoms with van der Waals surface area (Å²) >= 11 is 1.55. The summed E-state index contributed by atoms with van der Waals surface area (Å²) in [5.41, 5.74) is 7.28. The van der Waals surface area contributed by atoms with Crippen LogP contribution in [0.3, 0.4) is 0 Å². The molecule has 0 fully saturated rings. The number of nitrogens with zero attached hydrogens (tertiary/aromatic N) is 4. The fraction of sp³-hybridized carbons (Fsp3) is 0.214. The Labute approximate surface area is 126 Å². The number of aromatic nitrogens is 4. The van der Waals surface area contributed by atoms with Crippen molar-refractivity contribution >= 4 is 28.7 Å². The number of methoxy groups -OCH3 is 1. The number of hydrogen-bond donors (Lipinski definition) is 1. The fourth-order valence-corrected chi connectivity index (χ4v) is 3.06. The molecule has 0 unspecified atom stereocenters. The van der Waals surface area contributed by atoms with Gasteiger partial charge < -0.3 is 15.0 Å². The second-order valence-corrected chi connectivity index (χ2v) is 5.39. The summed E-state index contributed by atoms with van der Waals surface area (Å²) in [6.07, 6.45) is 1.46. The van der Waals surface area contributed by atoms with E-state index < -0.39 is 0 Å². The molecule has 7 heteroatoms. The minimum atomic E-state index is 0.402. The minimum absolute atomic E-state index is 0.402. The molecule has 0 saturated carbocycles. The van der Waals surface area contributed by atoms with Crippen molar-refractivity contribution in [1.82, 2.24) is 19.5 Å². The van der Waals surface area contributed by atoms with Crippen LogP contribution < -0.4 is 10.5 Å². The van der Waals surface area contributed by atoms with Crippen molar-refractivity contribution in [3.8, 4) is 5.75 Å². The largest absolute Gasteiger partial charge is 0.497 e. The molecule has 0 amide bonds. The van der Waals surface area contributed by atoms with E-state index in [0.717, 1.165) is 28.0 Å². The van der Waals surface area contributed by atoms with E-state index in [1.54, 1.807) is 18.9 Å². The molecule has 0 radical (unpaired) electrons. The van der Waals surface area contributed by atoms with Crippen molar-refractivity contribution in [3.05, 3.63) is 30.6 Å². The van der Waals surface area contributed by atoms with E-state index >= 15 is 0 Å². The van der Waals surface area contributed by atoms with Crippen LogP contribution in [0.5, 0.6) is 5.75 Å². The highest BCUT2D eigenvalue weighted by atomic mass is 32.2. The maximum atomic E-state index is 5.88. The van der Waals surface area contributed by atoms with E-state index in [9.17, 15) is 0 Å². The van der Waals surface area contributed by atoms with E-state index in [1.807, 2.05) is 28.8 Å². The summed E-state index contributed by atoms with van der Waals surface area (Å²) in [5, 5.41) is 0.841. The van der Waals surface area contributed by atoms with Gasteiger partial charge in [-0.25, -0.2) is 15.0 Å². The monoisotopic (exact) mass is 301 g/mol. The van der Waals surface area contributed by atoms with Gasteiger partial charge in [-0.2, -0.15) is 0 Å². The Bertz CT molecular complexity index is 786. The van der Waals surface area contributed by atoms with Gasteiger partial charge in [0.2, 0.25) is 0 Å². The zero-order valence-electron chi connectivity index (χ0n) is 11.8. The quantitative estimate of drug-likeness (QED) is 0.798. The van der Waals surface area contributed by atoms with Crippen LogP contribution in [-0.4, -0.2) is 26.6 Å². The Morgan fingerprint density at radius 2 is 2.19 bits per heavy atom. The van der Waals surface area contributed by atoms with E-state index in [4.69, 9.17) is 10.5 Å². The molecule has 0 spiro atoms. The van der Waals surface area contributed by atoms with Crippen molar-refractivity contribution in [2.75, 3.05) is 12.8 Å². The number of imidazole rings is 1. The zero-order chi connectivity index (χ0) is 14.8. The number of nitrogens with two attached hydrogens (primary N) is 1. The normalized spacial score (nSPS) is 11.0. The van der Waals surface area contributed by atoms with Crippen molar-refractivity contribution in [1.29, 1.82) is 0 Å². The second-order valence-electron chi connectivity index (χ2n) is 4.35. The molecule has 21 heavy (non-hydrogen) atoms. The Morgan fingerprint density at radius 1 is 1.33 bits per heavy atom. The SMILES string of the molecule is CCn1c(Sc2cccc(OC)c2)nc2c(N)ncnc21. The molecule has 3 aromatic rings. The van der Waals surface area contributed by atoms with E-state index in [2.05, 4.69) is 21.9 Å². The van der Waals surface area contributed by atoms with Crippen LogP contribution in [0.25, 0.3) is 11.2 Å². The van der Waals surface area contributed by atoms with Gasteiger partial charge in [0.1, 0.15) is 12.1 Å². The molecule has 0 aliphatic heterocycles. The van der Waals surface area contributed by atoms with E-state index in [-0.39, 0.29) is 0 Å². The second kappa shape index (κ2) is 5.61. The lowest BCUT2D eigenvalue weighted by Gasteiger charge is -2.06. The molecule has 2 N–H and O–H groups in total. The van der Waals surface area contributed by atoms with Crippen molar-refractivity contribution < 1.29 is 4.74 Å². The Balaban J connectivity index is 2.05. The minimum Gasteiger partial charge on any atom is -0.497 e. The van der Waals surface area contributed by atoms with Crippen molar-refractivity contribution in [2.24, 2.45) is 0 Å². The highest BCUT2D eigenvalue weighted by Gasteiger charge is 2.14. The summed E-state index contributed by atoms with van der Waals surface area (Å²) in [6, 6.07) is 7.85. The molecule has 0 bridgehead atoms. The average Bonchev–Trinajstić information content (AvgIpc) is 2.86. The first-order chi connectivity index (χ1) is 10.2. The number of fused-ring (bicyclic) bond motifs is 1. The molecule has 2 aromatic heterocycles. The average molecular weight is 301 g/mol. The third-order valence-corrected chi connectivity index (χ3v) is 4.08. The zero-order valence-corrected chi connectivity index (χ0v) is 12.6. The third-order valence-electron chi connectivity index (χ3n) is 3.09. The number of benzene rings is 1. The van der Waals surface area contributed by atoms with Crippen LogP contribution >= 0.6 is 11.8 Å². The molecule has 6 nitrogen and oxygen atoms in total. The molecular weight excluding hydrogens is 286 g/mol. The summed E-state index contributed by atoms with van der Waals surface area (Å²) in [6.45, 7) is 2.81. The first kappa shape index (κ1) is 13.7. The van der Waals surface area contributed by atoms with Gasteiger partial charge in [-0.1, -0.05) is 17.8 Å². The summed E-state index contributed by atoms with van der Waals surface area (Å²) < 4.78 is 7.27. The number of ether oxygens (including phenoxy) is 1. The Morgan fingerprint density at radius 3 is 2.95 bits per heavy atom. The molecular formula is C14H15N5OS. The number of anilines is 1. The molecule has 0 aliphatic rings. The molecule has 3 rings (SSSR count). The fourth-order valence-electron chi connectivity index (χ4n) is 2.07. The molecule has 108 valence electrons. The molecule has 1 aromatic carbocycles. The first-order valence-corrected chi connectivity index (χ1v) is 7.33. The number of hydrogen-bond acceptors (Lipinski definition) is 6. The van der Waals surface area contributed by atoms with E-state index in [1.165, 1.54) is 6.33 Å². The van der Waals surface area contributed by atoms with Crippen LogP contribution in [0.4, 0.5) is 5.82 Å². The van der Waals surface area contributed by atoms with Gasteiger partial charge in [0.05, 0.1) is 7.11 Å². The predicted octanol–water partition coefficient (Wildman–Crippen LogP) is 2.59. The Hall–Kier alpha value is -2.28. The standard InChI is InChI=1S/C14H15N5OS/c1-3-19-13-11(12(15)16-8-17-13)18-14(19)21-10-6-4-5-9(7-10)20-2/h4-8H,3H2,1-2H3,(H2,15,16,17). The number of aryl methyl sites for hydroxylation is 1. The molecule has 2 heterocycles. The summed E-state index contributed by atoms with van der Waals surface area (Å²) in [7, 11) is 1.65. The van der Waals surface area contributed by atoms with Gasteiger partial charge in [-0.05, 0) is 25.1 Å². The topological polar surface area (TPSA) is 78.9 Å². The molecule has 0 aliphatic carbocycles. The van der Waals surface area contributed by atoms with Gasteiger partial charge in [-0.15, -0.1) is 0 Å². The van der Waals surface area contributed by atoms with Crippen LogP contribution in [0.15, 0.2) is 40.6 Å². The highest BCUT2D eigenvalue weighted by Crippen LogP contribution is 2.32. The van der Waals surface area contributed by atoms with Crippen LogP contribution in [0.1, 0.15) is 6.92 Å². The lowest BCUT2D eigenvalue weighted by molar-refractivity contribution is 0.413. The smallest absolute Gasteiger partial charge is 0.175 e. The molecule has 0 saturated heterocycles. The predicted molar refractivity (Wildman–Crippen MR) is 82.5 cm³/mol. The number of nitrogen functional groups attached to an aromatic ring is 1. The third kappa shape index (κ3) is 2.52. The van der Waals surface area contributed by atoms with Gasteiger partial charge >= 0.3 is 0 Å². The maximum Gasteiger partial charge on any atom is 0.175 e.